The smallest absolute Gasteiger partial charge is 0.324 e. The van der Waals surface area contributed by atoms with Crippen molar-refractivity contribution in [3.05, 3.63) is 24.3 Å². The summed E-state index contributed by atoms with van der Waals surface area (Å²) in [7, 11) is 1.64. The number of benzene rings is 1. The molecule has 1 amide bonds. The fourth-order valence-corrected chi connectivity index (χ4v) is 5.10. The fraction of sp³-hybridized carbons (Fsp3) is 0.640. The van der Waals surface area contributed by atoms with Gasteiger partial charge in [0.25, 0.3) is 0 Å². The molecule has 180 valence electrons. The SMILES string of the molecule is COc1ccc(-c2noc(N3CCCC(C(=O)NCCCN4C(C)CCCC4C)C3)n2)cc1. The third-order valence-corrected chi connectivity index (χ3v) is 7.09. The van der Waals surface area contributed by atoms with Crippen molar-refractivity contribution >= 4 is 11.9 Å². The Hall–Kier alpha value is -2.61. The summed E-state index contributed by atoms with van der Waals surface area (Å²) >= 11 is 0. The predicted octanol–water partition coefficient (Wildman–Crippen LogP) is 3.73. The van der Waals surface area contributed by atoms with Gasteiger partial charge in [-0.15, -0.1) is 0 Å². The molecule has 2 aliphatic heterocycles. The number of methoxy groups -OCH3 is 1. The average Bonchev–Trinajstić information content (AvgIpc) is 3.34. The van der Waals surface area contributed by atoms with E-state index in [9.17, 15) is 4.79 Å². The van der Waals surface area contributed by atoms with Gasteiger partial charge >= 0.3 is 6.01 Å². The van der Waals surface area contributed by atoms with Crippen LogP contribution in [0.25, 0.3) is 11.4 Å². The highest BCUT2D eigenvalue weighted by molar-refractivity contribution is 5.79. The number of rotatable bonds is 8. The highest BCUT2D eigenvalue weighted by atomic mass is 16.5. The number of nitrogens with zero attached hydrogens (tertiary/aromatic N) is 4. The maximum absolute atomic E-state index is 12.8. The third-order valence-electron chi connectivity index (χ3n) is 7.09. The van der Waals surface area contributed by atoms with Gasteiger partial charge in [-0.05, 0) is 70.2 Å². The number of nitrogens with one attached hydrogen (secondary N) is 1. The number of anilines is 1. The summed E-state index contributed by atoms with van der Waals surface area (Å²) < 4.78 is 10.7. The minimum absolute atomic E-state index is 0.0529. The van der Waals surface area contributed by atoms with Gasteiger partial charge in [-0.1, -0.05) is 11.6 Å². The zero-order valence-corrected chi connectivity index (χ0v) is 20.1. The van der Waals surface area contributed by atoms with Crippen molar-refractivity contribution in [3.63, 3.8) is 0 Å². The Kier molecular flexibility index (Phi) is 7.85. The van der Waals surface area contributed by atoms with E-state index in [1.807, 2.05) is 29.2 Å². The van der Waals surface area contributed by atoms with Crippen molar-refractivity contribution in [2.24, 2.45) is 5.92 Å². The first kappa shape index (κ1) is 23.5. The van der Waals surface area contributed by atoms with Gasteiger partial charge < -0.3 is 19.5 Å². The van der Waals surface area contributed by atoms with Crippen LogP contribution in [0.3, 0.4) is 0 Å². The number of piperidine rings is 2. The molecule has 1 N–H and O–H groups in total. The van der Waals surface area contributed by atoms with E-state index in [0.29, 0.717) is 30.5 Å². The van der Waals surface area contributed by atoms with Gasteiger partial charge in [0.2, 0.25) is 11.7 Å². The van der Waals surface area contributed by atoms with E-state index in [4.69, 9.17) is 9.26 Å². The summed E-state index contributed by atoms with van der Waals surface area (Å²) in [5, 5.41) is 7.30. The van der Waals surface area contributed by atoms with Crippen LogP contribution in [0.4, 0.5) is 6.01 Å². The molecule has 33 heavy (non-hydrogen) atoms. The Morgan fingerprint density at radius 2 is 1.91 bits per heavy atom. The molecule has 0 aliphatic carbocycles. The second-order valence-corrected chi connectivity index (χ2v) is 9.43. The molecule has 2 fully saturated rings. The first-order valence-corrected chi connectivity index (χ1v) is 12.3. The zero-order chi connectivity index (χ0) is 23.2. The summed E-state index contributed by atoms with van der Waals surface area (Å²) in [5.41, 5.74) is 0.870. The van der Waals surface area contributed by atoms with E-state index in [-0.39, 0.29) is 11.8 Å². The number of hydrogen-bond acceptors (Lipinski definition) is 7. The topological polar surface area (TPSA) is 83.7 Å². The van der Waals surface area contributed by atoms with Crippen LogP contribution in [0.2, 0.25) is 0 Å². The maximum atomic E-state index is 12.8. The van der Waals surface area contributed by atoms with Gasteiger partial charge in [0.1, 0.15) is 5.75 Å². The van der Waals surface area contributed by atoms with Crippen LogP contribution >= 0.6 is 0 Å². The van der Waals surface area contributed by atoms with Crippen molar-refractivity contribution in [2.45, 2.75) is 64.5 Å². The molecule has 0 saturated carbocycles. The molecule has 3 heterocycles. The van der Waals surface area contributed by atoms with Crippen molar-refractivity contribution in [1.29, 1.82) is 0 Å². The van der Waals surface area contributed by atoms with Gasteiger partial charge in [-0.3, -0.25) is 9.69 Å². The Balaban J connectivity index is 1.26. The van der Waals surface area contributed by atoms with E-state index >= 15 is 0 Å². The third kappa shape index (κ3) is 5.85. The normalized spacial score (nSPS) is 24.0. The second kappa shape index (κ2) is 11.0. The van der Waals surface area contributed by atoms with Gasteiger partial charge in [-0.25, -0.2) is 0 Å². The van der Waals surface area contributed by atoms with E-state index in [1.165, 1.54) is 19.3 Å². The predicted molar refractivity (Wildman–Crippen MR) is 128 cm³/mol. The molecule has 0 spiro atoms. The van der Waals surface area contributed by atoms with Gasteiger partial charge in [0.05, 0.1) is 13.0 Å². The van der Waals surface area contributed by atoms with E-state index in [1.54, 1.807) is 7.11 Å². The van der Waals surface area contributed by atoms with Crippen LogP contribution in [0.15, 0.2) is 28.8 Å². The van der Waals surface area contributed by atoms with E-state index in [0.717, 1.165) is 50.2 Å². The molecule has 1 aromatic heterocycles. The molecular formula is C25H37N5O3. The molecule has 3 atom stereocenters. The average molecular weight is 456 g/mol. The van der Waals surface area contributed by atoms with Crippen molar-refractivity contribution in [2.75, 3.05) is 38.2 Å². The Labute approximate surface area is 196 Å². The number of amides is 1. The molecule has 8 heteroatoms. The van der Waals surface area contributed by atoms with Gasteiger partial charge in [0.15, 0.2) is 0 Å². The highest BCUT2D eigenvalue weighted by Crippen LogP contribution is 2.26. The molecule has 0 radical (unpaired) electrons. The number of hydrogen-bond donors (Lipinski definition) is 1. The van der Waals surface area contributed by atoms with Crippen LogP contribution < -0.4 is 15.0 Å². The molecule has 0 bridgehead atoms. The van der Waals surface area contributed by atoms with Gasteiger partial charge in [-0.2, -0.15) is 4.98 Å². The lowest BCUT2D eigenvalue weighted by atomic mass is 9.97. The monoisotopic (exact) mass is 455 g/mol. The van der Waals surface area contributed by atoms with Crippen molar-refractivity contribution < 1.29 is 14.1 Å². The van der Waals surface area contributed by atoms with Crippen molar-refractivity contribution in [3.8, 4) is 17.1 Å². The van der Waals surface area contributed by atoms with E-state index in [2.05, 4.69) is 34.2 Å². The standard InChI is InChI=1S/C25H37N5O3/c1-18-7-4-8-19(2)30(18)16-6-14-26-24(31)21-9-5-15-29(17-21)25-27-23(28-33-25)20-10-12-22(32-3)13-11-20/h10-13,18-19,21H,4-9,14-17H2,1-3H3,(H,26,31). The van der Waals surface area contributed by atoms with Gasteiger partial charge in [0, 0.05) is 43.8 Å². The molecule has 3 unspecified atom stereocenters. The first-order chi connectivity index (χ1) is 16.0. The number of carbonyl (C=O) groups is 1. The second-order valence-electron chi connectivity index (χ2n) is 9.43. The van der Waals surface area contributed by atoms with Crippen LogP contribution in [-0.4, -0.2) is 66.3 Å². The van der Waals surface area contributed by atoms with Crippen molar-refractivity contribution in [1.82, 2.24) is 20.4 Å². The molecular weight excluding hydrogens is 418 g/mol. The maximum Gasteiger partial charge on any atom is 0.324 e. The summed E-state index contributed by atoms with van der Waals surface area (Å²) in [6, 6.07) is 9.34. The molecule has 2 aromatic rings. The molecule has 1 aromatic carbocycles. The first-order valence-electron chi connectivity index (χ1n) is 12.3. The minimum Gasteiger partial charge on any atom is -0.497 e. The quantitative estimate of drug-likeness (QED) is 0.607. The van der Waals surface area contributed by atoms with Crippen LogP contribution in [0.1, 0.15) is 52.4 Å². The largest absolute Gasteiger partial charge is 0.497 e. The number of aromatic nitrogens is 2. The van der Waals surface area contributed by atoms with Crippen LogP contribution in [0, 0.1) is 5.92 Å². The zero-order valence-electron chi connectivity index (χ0n) is 20.1. The fourth-order valence-electron chi connectivity index (χ4n) is 5.10. The van der Waals surface area contributed by atoms with Crippen LogP contribution in [-0.2, 0) is 4.79 Å². The Bertz CT molecular complexity index is 890. The molecule has 2 aliphatic rings. The summed E-state index contributed by atoms with van der Waals surface area (Å²) in [4.78, 5) is 22.0. The lowest BCUT2D eigenvalue weighted by Gasteiger charge is -2.39. The Morgan fingerprint density at radius 1 is 1.15 bits per heavy atom. The lowest BCUT2D eigenvalue weighted by molar-refractivity contribution is -0.125. The number of carbonyl (C=O) groups excluding carboxylic acids is 1. The minimum atomic E-state index is -0.0529. The van der Waals surface area contributed by atoms with E-state index < -0.39 is 0 Å². The summed E-state index contributed by atoms with van der Waals surface area (Å²) in [5.74, 6) is 1.41. The molecule has 2 saturated heterocycles. The highest BCUT2D eigenvalue weighted by Gasteiger charge is 2.29. The number of likely N-dealkylation sites (tertiary alicyclic amines) is 1. The number of ether oxygens (including phenoxy) is 1. The summed E-state index contributed by atoms with van der Waals surface area (Å²) in [6.07, 6.45) is 6.71. The molecule has 8 nitrogen and oxygen atoms in total. The Morgan fingerprint density at radius 3 is 2.64 bits per heavy atom. The summed E-state index contributed by atoms with van der Waals surface area (Å²) in [6.45, 7) is 7.85. The lowest BCUT2D eigenvalue weighted by Crippen LogP contribution is -2.46. The molecule has 4 rings (SSSR count). The van der Waals surface area contributed by atoms with Crippen LogP contribution in [0.5, 0.6) is 5.75 Å².